The molecule has 3 aliphatic rings. The van der Waals surface area contributed by atoms with Crippen LogP contribution < -0.4 is 19.5 Å². The SMILES string of the molecule is COc1cccc(CC2CCCNC2COc2cccc3c2C[C@@H]2C[C@H](Cc4cccc(OC)c4)CN(C)[C@H]2C3)c1. The van der Waals surface area contributed by atoms with Crippen molar-refractivity contribution in [1.82, 2.24) is 10.2 Å². The molecule has 2 saturated heterocycles. The van der Waals surface area contributed by atoms with Crippen molar-refractivity contribution in [3.8, 4) is 17.2 Å². The molecule has 3 aromatic carbocycles. The predicted molar refractivity (Wildman–Crippen MR) is 165 cm³/mol. The molecule has 41 heavy (non-hydrogen) atoms. The summed E-state index contributed by atoms with van der Waals surface area (Å²) >= 11 is 0. The van der Waals surface area contributed by atoms with Gasteiger partial charge in [-0.05, 0) is 129 Å². The highest BCUT2D eigenvalue weighted by Crippen LogP contribution is 2.40. The van der Waals surface area contributed by atoms with Crippen LogP contribution in [-0.4, -0.2) is 57.9 Å². The third-order valence-electron chi connectivity index (χ3n) is 9.85. The molecule has 2 aliphatic heterocycles. The van der Waals surface area contributed by atoms with Crippen LogP contribution in [0.25, 0.3) is 0 Å². The predicted octanol–water partition coefficient (Wildman–Crippen LogP) is 5.97. The Balaban J connectivity index is 1.12. The monoisotopic (exact) mass is 554 g/mol. The minimum Gasteiger partial charge on any atom is -0.497 e. The number of methoxy groups -OCH3 is 2. The van der Waals surface area contributed by atoms with Gasteiger partial charge in [-0.25, -0.2) is 0 Å². The summed E-state index contributed by atoms with van der Waals surface area (Å²) in [5.41, 5.74) is 5.65. The van der Waals surface area contributed by atoms with Crippen molar-refractivity contribution in [2.75, 3.05) is 41.0 Å². The first-order valence-corrected chi connectivity index (χ1v) is 15.5. The molecule has 1 N–H and O–H groups in total. The van der Waals surface area contributed by atoms with Crippen LogP contribution in [0.1, 0.15) is 41.5 Å². The molecule has 2 unspecified atom stereocenters. The van der Waals surface area contributed by atoms with Crippen LogP contribution in [0.4, 0.5) is 0 Å². The van der Waals surface area contributed by atoms with Gasteiger partial charge in [0.2, 0.25) is 0 Å². The summed E-state index contributed by atoms with van der Waals surface area (Å²) in [6.07, 6.45) is 8.12. The van der Waals surface area contributed by atoms with Crippen molar-refractivity contribution >= 4 is 0 Å². The summed E-state index contributed by atoms with van der Waals surface area (Å²) in [6.45, 7) is 2.95. The molecular formula is C36H46N2O3. The molecule has 1 aliphatic carbocycles. The molecule has 5 heteroatoms. The van der Waals surface area contributed by atoms with Gasteiger partial charge >= 0.3 is 0 Å². The quantitative estimate of drug-likeness (QED) is 0.353. The molecule has 0 amide bonds. The summed E-state index contributed by atoms with van der Waals surface area (Å²) in [5, 5.41) is 3.78. The molecule has 0 radical (unpaired) electrons. The van der Waals surface area contributed by atoms with E-state index in [4.69, 9.17) is 14.2 Å². The van der Waals surface area contributed by atoms with Crippen LogP contribution in [0, 0.1) is 17.8 Å². The number of fused-ring (bicyclic) bond motifs is 2. The smallest absolute Gasteiger partial charge is 0.122 e. The summed E-state index contributed by atoms with van der Waals surface area (Å²) in [7, 11) is 5.83. The van der Waals surface area contributed by atoms with Gasteiger partial charge in [-0.2, -0.15) is 0 Å². The van der Waals surface area contributed by atoms with Gasteiger partial charge < -0.3 is 24.4 Å². The molecule has 0 spiro atoms. The van der Waals surface area contributed by atoms with Gasteiger partial charge in [0.25, 0.3) is 0 Å². The van der Waals surface area contributed by atoms with Crippen molar-refractivity contribution in [3.05, 3.63) is 89.0 Å². The number of rotatable bonds is 9. The van der Waals surface area contributed by atoms with E-state index in [1.54, 1.807) is 14.2 Å². The lowest BCUT2D eigenvalue weighted by atomic mass is 9.71. The molecule has 0 bridgehead atoms. The van der Waals surface area contributed by atoms with Crippen molar-refractivity contribution in [2.45, 2.75) is 57.0 Å². The summed E-state index contributed by atoms with van der Waals surface area (Å²) < 4.78 is 17.6. The maximum Gasteiger partial charge on any atom is 0.122 e. The Morgan fingerprint density at radius 1 is 0.878 bits per heavy atom. The zero-order valence-electron chi connectivity index (χ0n) is 25.0. The molecule has 5 atom stereocenters. The Bertz CT molecular complexity index is 1310. The number of nitrogens with zero attached hydrogens (tertiary/aromatic N) is 1. The number of ether oxygens (including phenoxy) is 3. The average Bonchev–Trinajstić information content (AvgIpc) is 3.00. The fourth-order valence-electron chi connectivity index (χ4n) is 7.78. The van der Waals surface area contributed by atoms with Crippen molar-refractivity contribution in [1.29, 1.82) is 0 Å². The molecular weight excluding hydrogens is 508 g/mol. The highest BCUT2D eigenvalue weighted by atomic mass is 16.5. The minimum absolute atomic E-state index is 0.357. The number of nitrogens with one attached hydrogen (secondary N) is 1. The second-order valence-corrected chi connectivity index (χ2v) is 12.6. The maximum atomic E-state index is 6.70. The Labute approximate surface area is 246 Å². The Kier molecular flexibility index (Phi) is 8.83. The summed E-state index contributed by atoms with van der Waals surface area (Å²) in [6, 6.07) is 24.8. The van der Waals surface area contributed by atoms with E-state index >= 15 is 0 Å². The van der Waals surface area contributed by atoms with Crippen LogP contribution >= 0.6 is 0 Å². The Morgan fingerprint density at radius 3 is 2.37 bits per heavy atom. The molecule has 0 saturated carbocycles. The molecule has 5 nitrogen and oxygen atoms in total. The van der Waals surface area contributed by atoms with Gasteiger partial charge in [0, 0.05) is 18.6 Å². The fourth-order valence-corrected chi connectivity index (χ4v) is 7.78. The second kappa shape index (κ2) is 12.9. The summed E-state index contributed by atoms with van der Waals surface area (Å²) in [4.78, 5) is 2.63. The highest BCUT2D eigenvalue weighted by molar-refractivity contribution is 5.43. The largest absolute Gasteiger partial charge is 0.497 e. The van der Waals surface area contributed by atoms with Gasteiger partial charge in [-0.3, -0.25) is 0 Å². The molecule has 0 aromatic heterocycles. The maximum absolute atomic E-state index is 6.70. The van der Waals surface area contributed by atoms with Crippen LogP contribution in [-0.2, 0) is 25.7 Å². The lowest BCUT2D eigenvalue weighted by Gasteiger charge is -2.46. The average molecular weight is 555 g/mol. The lowest BCUT2D eigenvalue weighted by molar-refractivity contribution is 0.0706. The zero-order chi connectivity index (χ0) is 28.2. The third-order valence-corrected chi connectivity index (χ3v) is 9.85. The topological polar surface area (TPSA) is 43.0 Å². The van der Waals surface area contributed by atoms with E-state index in [1.807, 2.05) is 12.1 Å². The van der Waals surface area contributed by atoms with E-state index in [9.17, 15) is 0 Å². The van der Waals surface area contributed by atoms with Crippen LogP contribution in [0.3, 0.4) is 0 Å². The number of likely N-dealkylation sites (N-methyl/N-ethyl adjacent to an activating group) is 1. The number of benzene rings is 3. The van der Waals surface area contributed by atoms with E-state index in [0.717, 1.165) is 62.6 Å². The van der Waals surface area contributed by atoms with E-state index in [2.05, 4.69) is 71.9 Å². The first-order valence-electron chi connectivity index (χ1n) is 15.5. The molecule has 218 valence electrons. The normalized spacial score (nSPS) is 26.1. The standard InChI is InChI=1S/C36H46N2O3/c1-38-23-27(16-25-8-4-12-31(19-25)39-2)18-30-21-33-28(22-35(30)38)10-6-14-36(33)41-24-34-29(11-7-15-37-34)17-26-9-5-13-32(20-26)40-3/h4-6,8-10,12-14,19-20,27,29-30,34-35,37H,7,11,15-18,21-24H2,1-3H3/t27-,29?,30-,34?,35-/m0/s1. The first-order chi connectivity index (χ1) is 20.1. The van der Waals surface area contributed by atoms with Crippen molar-refractivity contribution in [3.63, 3.8) is 0 Å². The van der Waals surface area contributed by atoms with Gasteiger partial charge in [0.15, 0.2) is 0 Å². The molecule has 3 aromatic rings. The van der Waals surface area contributed by atoms with E-state index < -0.39 is 0 Å². The van der Waals surface area contributed by atoms with Crippen molar-refractivity contribution in [2.24, 2.45) is 17.8 Å². The van der Waals surface area contributed by atoms with E-state index in [-0.39, 0.29) is 0 Å². The number of likely N-dealkylation sites (tertiary alicyclic amines) is 1. The zero-order valence-corrected chi connectivity index (χ0v) is 25.0. The number of piperidine rings is 2. The van der Waals surface area contributed by atoms with Crippen LogP contribution in [0.5, 0.6) is 17.2 Å². The second-order valence-electron chi connectivity index (χ2n) is 12.6. The number of hydrogen-bond acceptors (Lipinski definition) is 5. The van der Waals surface area contributed by atoms with Gasteiger partial charge in [0.05, 0.1) is 14.2 Å². The van der Waals surface area contributed by atoms with Crippen molar-refractivity contribution < 1.29 is 14.2 Å². The highest BCUT2D eigenvalue weighted by Gasteiger charge is 2.38. The van der Waals surface area contributed by atoms with Gasteiger partial charge in [-0.1, -0.05) is 36.4 Å². The molecule has 2 heterocycles. The third kappa shape index (κ3) is 6.57. The molecule has 2 fully saturated rings. The fraction of sp³-hybridized carbons (Fsp3) is 0.500. The van der Waals surface area contributed by atoms with Crippen LogP contribution in [0.2, 0.25) is 0 Å². The number of hydrogen-bond donors (Lipinski definition) is 1. The van der Waals surface area contributed by atoms with Crippen LogP contribution in [0.15, 0.2) is 66.7 Å². The van der Waals surface area contributed by atoms with Gasteiger partial charge in [-0.15, -0.1) is 0 Å². The van der Waals surface area contributed by atoms with Gasteiger partial charge in [0.1, 0.15) is 23.9 Å². The minimum atomic E-state index is 0.357. The van der Waals surface area contributed by atoms with E-state index in [1.165, 1.54) is 41.5 Å². The lowest BCUT2D eigenvalue weighted by Crippen LogP contribution is -2.50. The Hall–Kier alpha value is -3.02. The van der Waals surface area contributed by atoms with E-state index in [0.29, 0.717) is 29.8 Å². The Morgan fingerprint density at radius 2 is 1.61 bits per heavy atom. The first kappa shape index (κ1) is 28.1. The molecule has 6 rings (SSSR count). The summed E-state index contributed by atoms with van der Waals surface area (Å²) in [5.74, 6) is 4.88.